The van der Waals surface area contributed by atoms with Crippen LogP contribution in [0.4, 0.5) is 11.4 Å². The summed E-state index contributed by atoms with van der Waals surface area (Å²) in [6.45, 7) is 4.85. The maximum atomic E-state index is 13.1. The fourth-order valence-corrected chi connectivity index (χ4v) is 4.50. The molecular formula is C19H22N4O5S. The van der Waals surface area contributed by atoms with Crippen LogP contribution in [0, 0.1) is 24.0 Å². The van der Waals surface area contributed by atoms with Crippen LogP contribution in [0.5, 0.6) is 0 Å². The average Bonchev–Trinajstić information content (AvgIpc) is 2.71. The molecule has 2 aromatic carbocycles. The maximum absolute atomic E-state index is 13.1. The zero-order chi connectivity index (χ0) is 21.0. The number of nitrogens with one attached hydrogen (secondary N) is 1. The first-order valence-electron chi connectivity index (χ1n) is 9.02. The number of hydrazone groups is 1. The number of rotatable bonds is 6. The van der Waals surface area contributed by atoms with E-state index in [1.54, 1.807) is 6.21 Å². The van der Waals surface area contributed by atoms with Gasteiger partial charge in [0.05, 0.1) is 30.0 Å². The third-order valence-electron chi connectivity index (χ3n) is 4.59. The van der Waals surface area contributed by atoms with Gasteiger partial charge in [-0.2, -0.15) is 9.41 Å². The van der Waals surface area contributed by atoms with Gasteiger partial charge in [-0.3, -0.25) is 15.5 Å². The Labute approximate surface area is 169 Å². The number of non-ortho nitro benzene ring substituents is 1. The number of aryl methyl sites for hydroxylation is 2. The predicted octanol–water partition coefficient (Wildman–Crippen LogP) is 2.68. The zero-order valence-corrected chi connectivity index (χ0v) is 17.0. The van der Waals surface area contributed by atoms with Gasteiger partial charge in [-0.05, 0) is 31.0 Å². The highest BCUT2D eigenvalue weighted by Crippen LogP contribution is 2.29. The van der Waals surface area contributed by atoms with Crippen molar-refractivity contribution in [2.45, 2.75) is 18.7 Å². The summed E-state index contributed by atoms with van der Waals surface area (Å²) in [5.41, 5.74) is 5.57. The molecule has 0 spiro atoms. The van der Waals surface area contributed by atoms with Gasteiger partial charge in [0, 0.05) is 25.2 Å². The van der Waals surface area contributed by atoms with Crippen LogP contribution in [0.3, 0.4) is 0 Å². The van der Waals surface area contributed by atoms with Crippen LogP contribution >= 0.6 is 0 Å². The van der Waals surface area contributed by atoms with Gasteiger partial charge in [0.1, 0.15) is 4.90 Å². The monoisotopic (exact) mass is 418 g/mol. The second kappa shape index (κ2) is 8.68. The van der Waals surface area contributed by atoms with Crippen LogP contribution in [0.25, 0.3) is 0 Å². The molecule has 0 bridgehead atoms. The highest BCUT2D eigenvalue weighted by molar-refractivity contribution is 7.89. The van der Waals surface area contributed by atoms with Crippen molar-refractivity contribution < 1.29 is 18.1 Å². The van der Waals surface area contributed by atoms with E-state index in [1.807, 2.05) is 32.0 Å². The van der Waals surface area contributed by atoms with E-state index in [9.17, 15) is 18.5 Å². The Morgan fingerprint density at radius 2 is 1.90 bits per heavy atom. The number of nitro groups is 1. The van der Waals surface area contributed by atoms with Gasteiger partial charge < -0.3 is 4.74 Å². The molecule has 0 aromatic heterocycles. The van der Waals surface area contributed by atoms with Crippen molar-refractivity contribution >= 4 is 27.6 Å². The van der Waals surface area contributed by atoms with Crippen molar-refractivity contribution in [1.82, 2.24) is 4.31 Å². The summed E-state index contributed by atoms with van der Waals surface area (Å²) < 4.78 is 32.6. The zero-order valence-electron chi connectivity index (χ0n) is 16.2. The summed E-state index contributed by atoms with van der Waals surface area (Å²) in [6, 6.07) is 9.57. The average molecular weight is 418 g/mol. The van der Waals surface area contributed by atoms with E-state index in [1.165, 1.54) is 16.4 Å². The molecule has 0 radical (unpaired) electrons. The molecule has 10 heteroatoms. The van der Waals surface area contributed by atoms with Gasteiger partial charge in [-0.15, -0.1) is 0 Å². The SMILES string of the molecule is Cc1ccc(C)c(/C=N\Nc2ccc([N+](=O)[O-])cc2S(=O)(=O)N2CCOCC2)c1. The Balaban J connectivity index is 1.94. The number of sulfonamides is 1. The van der Waals surface area contributed by atoms with Crippen molar-refractivity contribution in [3.63, 3.8) is 0 Å². The Morgan fingerprint density at radius 1 is 1.17 bits per heavy atom. The van der Waals surface area contributed by atoms with Gasteiger partial charge in [0.15, 0.2) is 0 Å². The molecule has 1 aliphatic heterocycles. The molecule has 154 valence electrons. The molecule has 1 saturated heterocycles. The summed E-state index contributed by atoms with van der Waals surface area (Å²) >= 11 is 0. The minimum atomic E-state index is -3.95. The molecule has 0 unspecified atom stereocenters. The van der Waals surface area contributed by atoms with Crippen LogP contribution in [0.15, 0.2) is 46.4 Å². The van der Waals surface area contributed by atoms with Gasteiger partial charge >= 0.3 is 0 Å². The van der Waals surface area contributed by atoms with Crippen molar-refractivity contribution in [2.24, 2.45) is 5.10 Å². The molecular weight excluding hydrogens is 396 g/mol. The van der Waals surface area contributed by atoms with E-state index in [2.05, 4.69) is 10.5 Å². The molecule has 3 rings (SSSR count). The van der Waals surface area contributed by atoms with Gasteiger partial charge in [0.25, 0.3) is 5.69 Å². The number of hydrogen-bond donors (Lipinski definition) is 1. The first-order chi connectivity index (χ1) is 13.8. The summed E-state index contributed by atoms with van der Waals surface area (Å²) in [6.07, 6.45) is 1.59. The molecule has 0 amide bonds. The molecule has 29 heavy (non-hydrogen) atoms. The van der Waals surface area contributed by atoms with E-state index in [4.69, 9.17) is 4.74 Å². The minimum absolute atomic E-state index is 0.170. The number of morpholine rings is 1. The molecule has 1 fully saturated rings. The van der Waals surface area contributed by atoms with Crippen molar-refractivity contribution in [1.29, 1.82) is 0 Å². The number of nitrogens with zero attached hydrogens (tertiary/aromatic N) is 3. The number of anilines is 1. The number of nitro benzene ring substituents is 1. The predicted molar refractivity (Wildman–Crippen MR) is 110 cm³/mol. The molecule has 0 aliphatic carbocycles. The molecule has 9 nitrogen and oxygen atoms in total. The second-order valence-corrected chi connectivity index (χ2v) is 8.59. The standard InChI is InChI=1S/C19H22N4O5S/c1-14-3-4-15(2)16(11-14)13-20-21-18-6-5-17(23(24)25)12-19(18)29(26,27)22-7-9-28-10-8-22/h3-6,11-13,21H,7-10H2,1-2H3/b20-13-. The van der Waals surface area contributed by atoms with Crippen molar-refractivity contribution in [2.75, 3.05) is 31.7 Å². The van der Waals surface area contributed by atoms with Crippen molar-refractivity contribution in [3.05, 3.63) is 63.2 Å². The van der Waals surface area contributed by atoms with Crippen LogP contribution in [-0.2, 0) is 14.8 Å². The van der Waals surface area contributed by atoms with Crippen LogP contribution in [-0.4, -0.2) is 50.2 Å². The highest BCUT2D eigenvalue weighted by atomic mass is 32.2. The third-order valence-corrected chi connectivity index (χ3v) is 6.53. The Morgan fingerprint density at radius 3 is 2.59 bits per heavy atom. The summed E-state index contributed by atoms with van der Waals surface area (Å²) in [7, 11) is -3.95. The first-order valence-corrected chi connectivity index (χ1v) is 10.5. The lowest BCUT2D eigenvalue weighted by Gasteiger charge is -2.26. The third kappa shape index (κ3) is 4.78. The van der Waals surface area contributed by atoms with Crippen molar-refractivity contribution in [3.8, 4) is 0 Å². The maximum Gasteiger partial charge on any atom is 0.270 e. The quantitative estimate of drug-likeness (QED) is 0.438. The lowest BCUT2D eigenvalue weighted by atomic mass is 10.1. The molecule has 0 saturated carbocycles. The normalized spacial score (nSPS) is 15.5. The Hall–Kier alpha value is -2.82. The highest BCUT2D eigenvalue weighted by Gasteiger charge is 2.30. The number of hydrogen-bond acceptors (Lipinski definition) is 7. The lowest BCUT2D eigenvalue weighted by molar-refractivity contribution is -0.385. The van der Waals surface area contributed by atoms with E-state index >= 15 is 0 Å². The number of ether oxygens (including phenoxy) is 1. The largest absolute Gasteiger partial charge is 0.379 e. The smallest absolute Gasteiger partial charge is 0.270 e. The summed E-state index contributed by atoms with van der Waals surface area (Å²) in [5.74, 6) is 0. The first kappa shape index (κ1) is 20.9. The number of benzene rings is 2. The van der Waals surface area contributed by atoms with E-state index in [-0.39, 0.29) is 42.6 Å². The molecule has 1 heterocycles. The molecule has 1 N–H and O–H groups in total. The van der Waals surface area contributed by atoms with Gasteiger partial charge in [-0.25, -0.2) is 8.42 Å². The molecule has 0 atom stereocenters. The summed E-state index contributed by atoms with van der Waals surface area (Å²) in [5, 5.41) is 15.3. The van der Waals surface area contributed by atoms with Gasteiger partial charge in [-0.1, -0.05) is 23.8 Å². The van der Waals surface area contributed by atoms with Gasteiger partial charge in [0.2, 0.25) is 10.0 Å². The summed E-state index contributed by atoms with van der Waals surface area (Å²) in [4.78, 5) is 10.4. The fraction of sp³-hybridized carbons (Fsp3) is 0.316. The Bertz CT molecular complexity index is 1050. The van der Waals surface area contributed by atoms with Crippen LogP contribution in [0.2, 0.25) is 0 Å². The fourth-order valence-electron chi connectivity index (χ4n) is 2.93. The van der Waals surface area contributed by atoms with E-state index in [0.717, 1.165) is 22.8 Å². The Kier molecular flexibility index (Phi) is 6.26. The van der Waals surface area contributed by atoms with Crippen LogP contribution < -0.4 is 5.43 Å². The molecule has 2 aromatic rings. The lowest BCUT2D eigenvalue weighted by Crippen LogP contribution is -2.40. The topological polar surface area (TPSA) is 114 Å². The second-order valence-electron chi connectivity index (χ2n) is 6.68. The molecule has 1 aliphatic rings. The van der Waals surface area contributed by atoms with Crippen LogP contribution in [0.1, 0.15) is 16.7 Å². The van der Waals surface area contributed by atoms with E-state index < -0.39 is 14.9 Å². The minimum Gasteiger partial charge on any atom is -0.379 e. The van der Waals surface area contributed by atoms with E-state index in [0.29, 0.717) is 0 Å².